The maximum absolute atomic E-state index is 13.1. The highest BCUT2D eigenvalue weighted by molar-refractivity contribution is 7.09. The van der Waals surface area contributed by atoms with Gasteiger partial charge in [-0.2, -0.15) is 0 Å². The zero-order valence-electron chi connectivity index (χ0n) is 13.3. The first-order valence-electron chi connectivity index (χ1n) is 7.73. The van der Waals surface area contributed by atoms with E-state index in [1.165, 1.54) is 23.5 Å². The molecule has 0 unspecified atom stereocenters. The third kappa shape index (κ3) is 3.68. The Bertz CT molecular complexity index is 815. The molecule has 0 bridgehead atoms. The van der Waals surface area contributed by atoms with Gasteiger partial charge in [0.1, 0.15) is 11.5 Å². The van der Waals surface area contributed by atoms with Crippen molar-refractivity contribution in [2.24, 2.45) is 0 Å². The Hall–Kier alpha value is -2.53. The number of hydrogen-bond donors (Lipinski definition) is 0. The Morgan fingerprint density at radius 3 is 2.50 bits per heavy atom. The first kappa shape index (κ1) is 16.3. The van der Waals surface area contributed by atoms with Crippen LogP contribution >= 0.6 is 11.3 Å². The number of carbonyl (C=O) groups is 1. The van der Waals surface area contributed by atoms with Crippen molar-refractivity contribution in [1.82, 2.24) is 4.98 Å². The zero-order valence-corrected chi connectivity index (χ0v) is 14.1. The van der Waals surface area contributed by atoms with Crippen LogP contribution in [-0.2, 0) is 6.42 Å². The first-order valence-corrected chi connectivity index (χ1v) is 8.61. The van der Waals surface area contributed by atoms with E-state index < -0.39 is 0 Å². The van der Waals surface area contributed by atoms with E-state index in [9.17, 15) is 9.18 Å². The second-order valence-electron chi connectivity index (χ2n) is 5.31. The van der Waals surface area contributed by atoms with Crippen molar-refractivity contribution < 1.29 is 9.18 Å². The van der Waals surface area contributed by atoms with E-state index in [0.29, 0.717) is 24.3 Å². The van der Waals surface area contributed by atoms with Crippen LogP contribution < -0.4 is 4.90 Å². The molecule has 122 valence electrons. The molecule has 0 aliphatic heterocycles. The molecule has 0 saturated heterocycles. The van der Waals surface area contributed by atoms with E-state index in [4.69, 9.17) is 0 Å². The summed E-state index contributed by atoms with van der Waals surface area (Å²) in [5, 5.41) is 2.69. The summed E-state index contributed by atoms with van der Waals surface area (Å²) in [5.74, 6) is -0.485. The topological polar surface area (TPSA) is 33.2 Å². The normalized spacial score (nSPS) is 10.6. The van der Waals surface area contributed by atoms with E-state index >= 15 is 0 Å². The predicted molar refractivity (Wildman–Crippen MR) is 95.1 cm³/mol. The highest BCUT2D eigenvalue weighted by Gasteiger charge is 2.19. The summed E-state index contributed by atoms with van der Waals surface area (Å²) in [4.78, 5) is 18.8. The lowest BCUT2D eigenvalue weighted by molar-refractivity contribution is 0.0984. The van der Waals surface area contributed by atoms with Crippen LogP contribution in [0.1, 0.15) is 28.0 Å². The predicted octanol–water partition coefficient (Wildman–Crippen LogP) is 4.54. The molecule has 0 atom stereocenters. The van der Waals surface area contributed by atoms with Gasteiger partial charge in [-0.1, -0.05) is 30.3 Å². The molecule has 24 heavy (non-hydrogen) atoms. The number of carbonyl (C=O) groups excluding carboxylic acids is 1. The molecule has 0 fully saturated rings. The van der Waals surface area contributed by atoms with E-state index in [1.54, 1.807) is 22.4 Å². The number of benzene rings is 2. The van der Waals surface area contributed by atoms with Crippen molar-refractivity contribution in [3.05, 3.63) is 82.1 Å². The van der Waals surface area contributed by atoms with Gasteiger partial charge < -0.3 is 4.90 Å². The van der Waals surface area contributed by atoms with Crippen molar-refractivity contribution in [3.63, 3.8) is 0 Å². The summed E-state index contributed by atoms with van der Waals surface area (Å²) in [6, 6.07) is 16.0. The molecule has 3 nitrogen and oxygen atoms in total. The fourth-order valence-corrected chi connectivity index (χ4v) is 3.27. The molecule has 0 N–H and O–H groups in total. The van der Waals surface area contributed by atoms with E-state index in [1.807, 2.05) is 37.3 Å². The van der Waals surface area contributed by atoms with E-state index in [-0.39, 0.29) is 11.7 Å². The molecule has 1 aromatic heterocycles. The molecule has 0 aliphatic carbocycles. The lowest BCUT2D eigenvalue weighted by Crippen LogP contribution is -2.30. The van der Waals surface area contributed by atoms with Gasteiger partial charge in [-0.05, 0) is 36.8 Å². The minimum atomic E-state index is -0.318. The van der Waals surface area contributed by atoms with E-state index in [2.05, 4.69) is 4.98 Å². The van der Waals surface area contributed by atoms with Crippen molar-refractivity contribution in [2.45, 2.75) is 13.3 Å². The maximum atomic E-state index is 13.1. The van der Waals surface area contributed by atoms with Crippen LogP contribution in [0.3, 0.4) is 0 Å². The molecule has 1 amide bonds. The van der Waals surface area contributed by atoms with Gasteiger partial charge >= 0.3 is 0 Å². The lowest BCUT2D eigenvalue weighted by atomic mass is 10.2. The molecular formula is C19H17FN2OS. The Morgan fingerprint density at radius 1 is 1.12 bits per heavy atom. The molecule has 5 heteroatoms. The Labute approximate surface area is 144 Å². The van der Waals surface area contributed by atoms with Crippen LogP contribution in [0, 0.1) is 5.82 Å². The number of thiazole rings is 1. The monoisotopic (exact) mass is 340 g/mol. The quantitative estimate of drug-likeness (QED) is 0.683. The second-order valence-corrected chi connectivity index (χ2v) is 6.26. The fraction of sp³-hybridized carbons (Fsp3) is 0.158. The number of halogens is 1. The number of nitrogens with zero attached hydrogens (tertiary/aromatic N) is 2. The third-order valence-electron chi connectivity index (χ3n) is 3.67. The molecule has 2 aromatic carbocycles. The summed E-state index contributed by atoms with van der Waals surface area (Å²) in [7, 11) is 0. The van der Waals surface area contributed by atoms with Crippen LogP contribution in [0.15, 0.2) is 60.0 Å². The van der Waals surface area contributed by atoms with Crippen molar-refractivity contribution in [1.29, 1.82) is 0 Å². The second kappa shape index (κ2) is 7.36. The lowest BCUT2D eigenvalue weighted by Gasteiger charge is -2.19. The summed E-state index contributed by atoms with van der Waals surface area (Å²) in [5.41, 5.74) is 2.26. The average molecular weight is 340 g/mol. The summed E-state index contributed by atoms with van der Waals surface area (Å²) in [6.45, 7) is 2.38. The molecule has 3 aromatic rings. The van der Waals surface area contributed by atoms with E-state index in [0.717, 1.165) is 10.6 Å². The largest absolute Gasteiger partial charge is 0.307 e. The van der Waals surface area contributed by atoms with Gasteiger partial charge in [-0.3, -0.25) is 4.79 Å². The number of amides is 1. The van der Waals surface area contributed by atoms with Crippen LogP contribution in [0.4, 0.5) is 10.1 Å². The summed E-state index contributed by atoms with van der Waals surface area (Å²) in [6.07, 6.45) is 0.710. The third-order valence-corrected chi connectivity index (χ3v) is 4.52. The van der Waals surface area contributed by atoms with Crippen LogP contribution in [0.2, 0.25) is 0 Å². The van der Waals surface area contributed by atoms with Gasteiger partial charge in [0.25, 0.3) is 5.91 Å². The molecule has 0 radical (unpaired) electrons. The maximum Gasteiger partial charge on any atom is 0.277 e. The fourth-order valence-electron chi connectivity index (χ4n) is 2.46. The number of rotatable bonds is 5. The average Bonchev–Trinajstić information content (AvgIpc) is 3.06. The van der Waals surface area contributed by atoms with Gasteiger partial charge in [0.05, 0.1) is 5.01 Å². The highest BCUT2D eigenvalue weighted by Crippen LogP contribution is 2.20. The van der Waals surface area contributed by atoms with Crippen molar-refractivity contribution in [2.75, 3.05) is 11.4 Å². The zero-order chi connectivity index (χ0) is 16.9. The van der Waals surface area contributed by atoms with Crippen LogP contribution in [0.25, 0.3) is 0 Å². The molecule has 0 spiro atoms. The van der Waals surface area contributed by atoms with Crippen molar-refractivity contribution in [3.8, 4) is 0 Å². The van der Waals surface area contributed by atoms with Gasteiger partial charge in [0, 0.05) is 24.0 Å². The minimum absolute atomic E-state index is 0.167. The van der Waals surface area contributed by atoms with Gasteiger partial charge in [-0.25, -0.2) is 9.37 Å². The van der Waals surface area contributed by atoms with Gasteiger partial charge in [0.15, 0.2) is 0 Å². The Kier molecular flexibility index (Phi) is 5.01. The summed E-state index contributed by atoms with van der Waals surface area (Å²) >= 11 is 1.48. The van der Waals surface area contributed by atoms with Crippen LogP contribution in [-0.4, -0.2) is 17.4 Å². The highest BCUT2D eigenvalue weighted by atomic mass is 32.1. The molecular weight excluding hydrogens is 323 g/mol. The molecule has 0 aliphatic rings. The number of hydrogen-bond acceptors (Lipinski definition) is 3. The van der Waals surface area contributed by atoms with Crippen molar-refractivity contribution >= 4 is 22.9 Å². The standard InChI is InChI=1S/C19H17FN2OS/c1-2-22(16-10-8-15(20)9-11-16)19(23)17-13-24-18(21-17)12-14-6-4-3-5-7-14/h3-11,13H,2,12H2,1H3. The first-order chi connectivity index (χ1) is 11.7. The summed E-state index contributed by atoms with van der Waals surface area (Å²) < 4.78 is 13.1. The van der Waals surface area contributed by atoms with Crippen LogP contribution in [0.5, 0.6) is 0 Å². The molecule has 1 heterocycles. The molecule has 3 rings (SSSR count). The molecule has 0 saturated carbocycles. The Morgan fingerprint density at radius 2 is 1.83 bits per heavy atom. The Balaban J connectivity index is 1.78. The van der Waals surface area contributed by atoms with Gasteiger partial charge in [-0.15, -0.1) is 11.3 Å². The number of anilines is 1. The van der Waals surface area contributed by atoms with Gasteiger partial charge in [0.2, 0.25) is 0 Å². The number of aromatic nitrogens is 1. The smallest absolute Gasteiger partial charge is 0.277 e. The SMILES string of the molecule is CCN(C(=O)c1csc(Cc2ccccc2)n1)c1ccc(F)cc1. The minimum Gasteiger partial charge on any atom is -0.307 e.